The van der Waals surface area contributed by atoms with Gasteiger partial charge in [-0.15, -0.1) is 11.6 Å². The van der Waals surface area contributed by atoms with Gasteiger partial charge in [0.1, 0.15) is 5.56 Å². The highest BCUT2D eigenvalue weighted by atomic mass is 35.5. The first-order valence-electron chi connectivity index (χ1n) is 3.94. The molecule has 0 aliphatic rings. The van der Waals surface area contributed by atoms with Crippen LogP contribution >= 0.6 is 11.6 Å². The van der Waals surface area contributed by atoms with Gasteiger partial charge in [0.05, 0.1) is 5.69 Å². The molecule has 0 aromatic carbocycles. The van der Waals surface area contributed by atoms with Crippen molar-refractivity contribution in [3.63, 3.8) is 0 Å². The largest absolute Gasteiger partial charge is 0.422 e. The number of pyridine rings is 1. The number of hydrogen-bond donors (Lipinski definition) is 1. The van der Waals surface area contributed by atoms with Crippen LogP contribution < -0.4 is 5.56 Å². The van der Waals surface area contributed by atoms with Crippen molar-refractivity contribution in [3.8, 4) is 0 Å². The summed E-state index contributed by atoms with van der Waals surface area (Å²) in [7, 11) is 0. The molecule has 1 aromatic heterocycles. The number of alkyl halides is 6. The minimum Gasteiger partial charge on any atom is -0.321 e. The zero-order chi connectivity index (χ0) is 12.5. The molecule has 0 fully saturated rings. The molecule has 0 spiro atoms. The topological polar surface area (TPSA) is 32.9 Å². The van der Waals surface area contributed by atoms with Gasteiger partial charge in [-0.1, -0.05) is 0 Å². The number of nitrogens with one attached hydrogen (secondary N) is 1. The maximum atomic E-state index is 12.4. The first-order valence-corrected chi connectivity index (χ1v) is 4.48. The van der Waals surface area contributed by atoms with Gasteiger partial charge in [-0.3, -0.25) is 4.79 Å². The van der Waals surface area contributed by atoms with E-state index in [0.29, 0.717) is 6.07 Å². The van der Waals surface area contributed by atoms with Crippen LogP contribution in [0.5, 0.6) is 0 Å². The normalized spacial score (nSPS) is 12.2. The first-order chi connectivity index (χ1) is 7.27. The Kier molecular flexibility index (Phi) is 3.57. The Hall–Kier alpha value is -1.11. The Morgan fingerprint density at radius 1 is 1.38 bits per heavy atom. The fraction of sp³-hybridized carbons (Fsp3) is 0.375. The summed E-state index contributed by atoms with van der Waals surface area (Å²) < 4.78 is 61.5. The van der Waals surface area contributed by atoms with Gasteiger partial charge in [-0.2, -0.15) is 13.2 Å². The number of H-pyrrole nitrogens is 1. The van der Waals surface area contributed by atoms with Crippen molar-refractivity contribution >= 4 is 11.6 Å². The maximum absolute atomic E-state index is 12.4. The van der Waals surface area contributed by atoms with Crippen LogP contribution in [-0.2, 0) is 12.1 Å². The van der Waals surface area contributed by atoms with Gasteiger partial charge in [-0.05, 0) is 11.6 Å². The van der Waals surface area contributed by atoms with Crippen molar-refractivity contribution in [2.24, 2.45) is 0 Å². The average molecular weight is 262 g/mol. The van der Waals surface area contributed by atoms with E-state index >= 15 is 0 Å². The molecule has 0 saturated heterocycles. The molecule has 0 aliphatic carbocycles. The van der Waals surface area contributed by atoms with E-state index in [-0.39, 0.29) is 0 Å². The summed E-state index contributed by atoms with van der Waals surface area (Å²) in [5.41, 5.74) is -4.69. The van der Waals surface area contributed by atoms with Gasteiger partial charge in [0, 0.05) is 5.88 Å². The van der Waals surface area contributed by atoms with Crippen molar-refractivity contribution < 1.29 is 22.0 Å². The Balaban J connectivity index is 3.47. The number of rotatable bonds is 2. The standard InChI is InChI=1S/C8H5ClF5NO/c9-2-3-1-4(6(10)11)15-7(16)5(3)8(12,13)14/h1,6H,2H2,(H,15,16). The van der Waals surface area contributed by atoms with E-state index in [2.05, 4.69) is 0 Å². The SMILES string of the molecule is O=c1[nH]c(C(F)F)cc(CCl)c1C(F)(F)F. The van der Waals surface area contributed by atoms with E-state index in [1.165, 1.54) is 4.98 Å². The Bertz CT molecular complexity index is 439. The van der Waals surface area contributed by atoms with E-state index in [9.17, 15) is 26.7 Å². The van der Waals surface area contributed by atoms with E-state index < -0.39 is 40.9 Å². The summed E-state index contributed by atoms with van der Waals surface area (Å²) in [6.07, 6.45) is -7.98. The molecule has 0 saturated carbocycles. The van der Waals surface area contributed by atoms with Gasteiger partial charge >= 0.3 is 6.18 Å². The molecule has 8 heteroatoms. The molecule has 2 nitrogen and oxygen atoms in total. The fourth-order valence-electron chi connectivity index (χ4n) is 1.17. The van der Waals surface area contributed by atoms with Crippen LogP contribution in [0.25, 0.3) is 0 Å². The maximum Gasteiger partial charge on any atom is 0.422 e. The number of halogens is 6. The molecule has 0 radical (unpaired) electrons. The predicted molar refractivity (Wildman–Crippen MR) is 46.6 cm³/mol. The van der Waals surface area contributed by atoms with Crippen LogP contribution in [-0.4, -0.2) is 4.98 Å². The monoisotopic (exact) mass is 261 g/mol. The molecule has 1 rings (SSSR count). The third-order valence-corrected chi connectivity index (χ3v) is 2.09. The van der Waals surface area contributed by atoms with Crippen molar-refractivity contribution in [2.75, 3.05) is 0 Å². The second kappa shape index (κ2) is 4.40. The molecule has 1 aromatic rings. The van der Waals surface area contributed by atoms with E-state index in [0.717, 1.165) is 0 Å². The summed E-state index contributed by atoms with van der Waals surface area (Å²) in [4.78, 5) is 12.5. The summed E-state index contributed by atoms with van der Waals surface area (Å²) >= 11 is 5.19. The second-order valence-corrected chi connectivity index (χ2v) is 3.15. The van der Waals surface area contributed by atoms with Gasteiger partial charge in [0.2, 0.25) is 0 Å². The van der Waals surface area contributed by atoms with Crippen molar-refractivity contribution in [1.82, 2.24) is 4.98 Å². The van der Waals surface area contributed by atoms with E-state index in [1.807, 2.05) is 0 Å². The van der Waals surface area contributed by atoms with E-state index in [4.69, 9.17) is 11.6 Å². The smallest absolute Gasteiger partial charge is 0.321 e. The average Bonchev–Trinajstić information content (AvgIpc) is 2.14. The third-order valence-electron chi connectivity index (χ3n) is 1.80. The van der Waals surface area contributed by atoms with Crippen LogP contribution in [0.4, 0.5) is 22.0 Å². The highest BCUT2D eigenvalue weighted by molar-refractivity contribution is 6.17. The minimum atomic E-state index is -4.92. The highest BCUT2D eigenvalue weighted by Crippen LogP contribution is 2.31. The quantitative estimate of drug-likeness (QED) is 0.644. The lowest BCUT2D eigenvalue weighted by Crippen LogP contribution is -2.25. The van der Waals surface area contributed by atoms with Crippen LogP contribution in [0.15, 0.2) is 10.9 Å². The van der Waals surface area contributed by atoms with Gasteiger partial charge in [-0.25, -0.2) is 8.78 Å². The molecule has 16 heavy (non-hydrogen) atoms. The first kappa shape index (κ1) is 13.0. The zero-order valence-electron chi connectivity index (χ0n) is 7.54. The van der Waals surface area contributed by atoms with E-state index in [1.54, 1.807) is 0 Å². The van der Waals surface area contributed by atoms with Gasteiger partial charge in [0.15, 0.2) is 0 Å². The Morgan fingerprint density at radius 2 is 1.94 bits per heavy atom. The van der Waals surface area contributed by atoms with Gasteiger partial charge < -0.3 is 4.98 Å². The lowest BCUT2D eigenvalue weighted by molar-refractivity contribution is -0.139. The summed E-state index contributed by atoms with van der Waals surface area (Å²) in [6.45, 7) is 0. The molecule has 1 heterocycles. The number of aromatic nitrogens is 1. The third kappa shape index (κ3) is 2.52. The van der Waals surface area contributed by atoms with Crippen LogP contribution in [0.3, 0.4) is 0 Å². The predicted octanol–water partition coefficient (Wildman–Crippen LogP) is 3.07. The molecule has 0 atom stereocenters. The van der Waals surface area contributed by atoms with Crippen molar-refractivity contribution in [1.29, 1.82) is 0 Å². The molecule has 0 bridgehead atoms. The minimum absolute atomic E-state index is 0.544. The molecule has 0 unspecified atom stereocenters. The summed E-state index contributed by atoms with van der Waals surface area (Å²) in [5.74, 6) is -0.668. The summed E-state index contributed by atoms with van der Waals surface area (Å²) in [5, 5.41) is 0. The fourth-order valence-corrected chi connectivity index (χ4v) is 1.38. The van der Waals surface area contributed by atoms with Crippen LogP contribution in [0.1, 0.15) is 23.2 Å². The number of hydrogen-bond acceptors (Lipinski definition) is 1. The Morgan fingerprint density at radius 3 is 2.31 bits per heavy atom. The molecule has 1 N–H and O–H groups in total. The molecular weight excluding hydrogens is 257 g/mol. The van der Waals surface area contributed by atoms with Gasteiger partial charge in [0.25, 0.3) is 12.0 Å². The molecule has 0 amide bonds. The van der Waals surface area contributed by atoms with Crippen LogP contribution in [0.2, 0.25) is 0 Å². The van der Waals surface area contributed by atoms with Crippen molar-refractivity contribution in [2.45, 2.75) is 18.5 Å². The second-order valence-electron chi connectivity index (χ2n) is 2.89. The summed E-state index contributed by atoms with van der Waals surface area (Å²) in [6, 6.07) is 0.544. The lowest BCUT2D eigenvalue weighted by atomic mass is 10.1. The van der Waals surface area contributed by atoms with Crippen LogP contribution in [0, 0.1) is 0 Å². The highest BCUT2D eigenvalue weighted by Gasteiger charge is 2.37. The lowest BCUT2D eigenvalue weighted by Gasteiger charge is -2.11. The number of aromatic amines is 1. The van der Waals surface area contributed by atoms with Crippen molar-refractivity contribution in [3.05, 3.63) is 33.2 Å². The zero-order valence-corrected chi connectivity index (χ0v) is 8.29. The Labute approximate surface area is 91.0 Å². The molecular formula is C8H5ClF5NO. The molecule has 90 valence electrons. The molecule has 0 aliphatic heterocycles.